The first-order valence-corrected chi connectivity index (χ1v) is 7.22. The molecular formula is C16H26N2O. The van der Waals surface area contributed by atoms with E-state index in [1.54, 1.807) is 7.11 Å². The van der Waals surface area contributed by atoms with Gasteiger partial charge in [-0.2, -0.15) is 0 Å². The van der Waals surface area contributed by atoms with Gasteiger partial charge in [0.05, 0.1) is 12.8 Å². The zero-order valence-corrected chi connectivity index (χ0v) is 12.6. The SMILES string of the molecule is COc1ccc(C)cc1N1CCN(CC(C)C)CC1. The maximum atomic E-state index is 5.49. The average molecular weight is 262 g/mol. The van der Waals surface area contributed by atoms with Gasteiger partial charge in [0.25, 0.3) is 0 Å². The first-order valence-electron chi connectivity index (χ1n) is 7.22. The highest BCUT2D eigenvalue weighted by Gasteiger charge is 2.20. The monoisotopic (exact) mass is 262 g/mol. The smallest absolute Gasteiger partial charge is 0.142 e. The van der Waals surface area contributed by atoms with Gasteiger partial charge in [0.15, 0.2) is 0 Å². The summed E-state index contributed by atoms with van der Waals surface area (Å²) >= 11 is 0. The number of nitrogens with zero attached hydrogens (tertiary/aromatic N) is 2. The quantitative estimate of drug-likeness (QED) is 0.830. The molecular weight excluding hydrogens is 236 g/mol. The lowest BCUT2D eigenvalue weighted by atomic mass is 10.1. The molecule has 106 valence electrons. The minimum absolute atomic E-state index is 0.750. The van der Waals surface area contributed by atoms with Crippen molar-refractivity contribution in [3.63, 3.8) is 0 Å². The third-order valence-electron chi connectivity index (χ3n) is 3.67. The van der Waals surface area contributed by atoms with Gasteiger partial charge in [-0.05, 0) is 30.5 Å². The Hall–Kier alpha value is -1.22. The summed E-state index contributed by atoms with van der Waals surface area (Å²) in [5.41, 5.74) is 2.53. The van der Waals surface area contributed by atoms with Crippen molar-refractivity contribution in [1.29, 1.82) is 0 Å². The Kier molecular flexibility index (Phi) is 4.70. The van der Waals surface area contributed by atoms with E-state index in [1.165, 1.54) is 17.8 Å². The zero-order valence-electron chi connectivity index (χ0n) is 12.6. The maximum Gasteiger partial charge on any atom is 0.142 e. The van der Waals surface area contributed by atoms with E-state index in [0.717, 1.165) is 37.8 Å². The molecule has 0 N–H and O–H groups in total. The molecule has 0 bridgehead atoms. The van der Waals surface area contributed by atoms with Crippen LogP contribution >= 0.6 is 0 Å². The molecule has 0 unspecified atom stereocenters. The van der Waals surface area contributed by atoms with Crippen molar-refractivity contribution in [1.82, 2.24) is 4.90 Å². The normalized spacial score (nSPS) is 17.0. The molecule has 0 spiro atoms. The standard InChI is InChI=1S/C16H26N2O/c1-13(2)12-17-7-9-18(10-8-17)15-11-14(3)5-6-16(15)19-4/h5-6,11,13H,7-10,12H2,1-4H3. The highest BCUT2D eigenvalue weighted by molar-refractivity contribution is 5.60. The molecule has 2 rings (SSSR count). The zero-order chi connectivity index (χ0) is 13.8. The van der Waals surface area contributed by atoms with E-state index in [-0.39, 0.29) is 0 Å². The van der Waals surface area contributed by atoms with Gasteiger partial charge >= 0.3 is 0 Å². The van der Waals surface area contributed by atoms with Crippen LogP contribution in [0.3, 0.4) is 0 Å². The van der Waals surface area contributed by atoms with Crippen LogP contribution in [0, 0.1) is 12.8 Å². The highest BCUT2D eigenvalue weighted by atomic mass is 16.5. The van der Waals surface area contributed by atoms with Crippen LogP contribution in [0.25, 0.3) is 0 Å². The largest absolute Gasteiger partial charge is 0.495 e. The van der Waals surface area contributed by atoms with Crippen molar-refractivity contribution < 1.29 is 4.74 Å². The molecule has 3 heteroatoms. The lowest BCUT2D eigenvalue weighted by molar-refractivity contribution is 0.231. The van der Waals surface area contributed by atoms with Crippen molar-refractivity contribution >= 4 is 5.69 Å². The van der Waals surface area contributed by atoms with Crippen LogP contribution in [0.15, 0.2) is 18.2 Å². The molecule has 1 saturated heterocycles. The van der Waals surface area contributed by atoms with E-state index in [9.17, 15) is 0 Å². The second kappa shape index (κ2) is 6.29. The first kappa shape index (κ1) is 14.2. The van der Waals surface area contributed by atoms with Gasteiger partial charge < -0.3 is 9.64 Å². The van der Waals surface area contributed by atoms with E-state index >= 15 is 0 Å². The Morgan fingerprint density at radius 1 is 1.16 bits per heavy atom. The number of rotatable bonds is 4. The minimum atomic E-state index is 0.750. The third-order valence-corrected chi connectivity index (χ3v) is 3.67. The Morgan fingerprint density at radius 3 is 2.42 bits per heavy atom. The molecule has 3 nitrogen and oxygen atoms in total. The van der Waals surface area contributed by atoms with Crippen LogP contribution in [-0.2, 0) is 0 Å². The van der Waals surface area contributed by atoms with Gasteiger partial charge in [-0.3, -0.25) is 4.90 Å². The summed E-state index contributed by atoms with van der Waals surface area (Å²) in [7, 11) is 1.75. The highest BCUT2D eigenvalue weighted by Crippen LogP contribution is 2.30. The summed E-state index contributed by atoms with van der Waals surface area (Å²) in [5.74, 6) is 1.74. The molecule has 0 amide bonds. The summed E-state index contributed by atoms with van der Waals surface area (Å²) in [6, 6.07) is 6.42. The molecule has 0 atom stereocenters. The van der Waals surface area contributed by atoms with Gasteiger partial charge in [-0.15, -0.1) is 0 Å². The lowest BCUT2D eigenvalue weighted by Gasteiger charge is -2.37. The average Bonchev–Trinajstić information content (AvgIpc) is 2.39. The van der Waals surface area contributed by atoms with Crippen LogP contribution in [0.4, 0.5) is 5.69 Å². The van der Waals surface area contributed by atoms with Crippen LogP contribution in [0.1, 0.15) is 19.4 Å². The maximum absolute atomic E-state index is 5.49. The van der Waals surface area contributed by atoms with Gasteiger partial charge in [0.2, 0.25) is 0 Å². The van der Waals surface area contributed by atoms with Crippen LogP contribution in [-0.4, -0.2) is 44.7 Å². The minimum Gasteiger partial charge on any atom is -0.495 e. The number of hydrogen-bond acceptors (Lipinski definition) is 3. The third kappa shape index (κ3) is 3.63. The van der Waals surface area contributed by atoms with Crippen molar-refractivity contribution in [2.75, 3.05) is 44.7 Å². The Morgan fingerprint density at radius 2 is 1.84 bits per heavy atom. The number of aryl methyl sites for hydroxylation is 1. The summed E-state index contributed by atoms with van der Waals surface area (Å²) in [5, 5.41) is 0. The molecule has 1 heterocycles. The van der Waals surface area contributed by atoms with E-state index in [4.69, 9.17) is 4.74 Å². The molecule has 1 fully saturated rings. The van der Waals surface area contributed by atoms with Crippen molar-refractivity contribution in [3.05, 3.63) is 23.8 Å². The van der Waals surface area contributed by atoms with Gasteiger partial charge in [0.1, 0.15) is 5.75 Å². The van der Waals surface area contributed by atoms with E-state index < -0.39 is 0 Å². The summed E-state index contributed by atoms with van der Waals surface area (Å²) in [6.07, 6.45) is 0. The molecule has 0 radical (unpaired) electrons. The second-order valence-electron chi connectivity index (χ2n) is 5.86. The Bertz CT molecular complexity index is 409. The number of hydrogen-bond donors (Lipinski definition) is 0. The van der Waals surface area contributed by atoms with Crippen molar-refractivity contribution in [2.24, 2.45) is 5.92 Å². The van der Waals surface area contributed by atoms with E-state index in [0.29, 0.717) is 0 Å². The molecule has 0 aliphatic carbocycles. The van der Waals surface area contributed by atoms with Gasteiger partial charge in [-0.1, -0.05) is 19.9 Å². The summed E-state index contributed by atoms with van der Waals surface area (Å²) < 4.78 is 5.49. The Labute approximate surface area is 117 Å². The van der Waals surface area contributed by atoms with Crippen LogP contribution in [0.5, 0.6) is 5.75 Å². The number of benzene rings is 1. The van der Waals surface area contributed by atoms with Crippen LogP contribution in [0.2, 0.25) is 0 Å². The summed E-state index contributed by atoms with van der Waals surface area (Å²) in [6.45, 7) is 12.4. The lowest BCUT2D eigenvalue weighted by Crippen LogP contribution is -2.47. The predicted octanol–water partition coefficient (Wildman–Crippen LogP) is 2.78. The number of methoxy groups -OCH3 is 1. The second-order valence-corrected chi connectivity index (χ2v) is 5.86. The summed E-state index contributed by atoms with van der Waals surface area (Å²) in [4.78, 5) is 5.01. The molecule has 1 aliphatic rings. The topological polar surface area (TPSA) is 15.7 Å². The van der Waals surface area contributed by atoms with E-state index in [1.807, 2.05) is 0 Å². The van der Waals surface area contributed by atoms with Crippen molar-refractivity contribution in [2.45, 2.75) is 20.8 Å². The van der Waals surface area contributed by atoms with E-state index in [2.05, 4.69) is 48.8 Å². The molecule has 0 saturated carbocycles. The first-order chi connectivity index (χ1) is 9.10. The fraction of sp³-hybridized carbons (Fsp3) is 0.625. The van der Waals surface area contributed by atoms with Gasteiger partial charge in [-0.25, -0.2) is 0 Å². The van der Waals surface area contributed by atoms with Gasteiger partial charge in [0, 0.05) is 32.7 Å². The van der Waals surface area contributed by atoms with Crippen LogP contribution < -0.4 is 9.64 Å². The number of ether oxygens (including phenoxy) is 1. The molecule has 1 aromatic rings. The number of anilines is 1. The molecule has 1 aliphatic heterocycles. The molecule has 0 aromatic heterocycles. The molecule has 1 aromatic carbocycles. The fourth-order valence-corrected chi connectivity index (χ4v) is 2.73. The molecule has 19 heavy (non-hydrogen) atoms. The Balaban J connectivity index is 2.03. The van der Waals surface area contributed by atoms with Crippen molar-refractivity contribution in [3.8, 4) is 5.75 Å². The predicted molar refractivity (Wildman–Crippen MR) is 81.2 cm³/mol. The number of piperazine rings is 1. The fourth-order valence-electron chi connectivity index (χ4n) is 2.73.